The summed E-state index contributed by atoms with van der Waals surface area (Å²) in [5.74, 6) is -1.39. The number of carbonyl (C=O) groups excluding carboxylic acids is 2. The zero-order valence-corrected chi connectivity index (χ0v) is 15.2. The third-order valence-electron chi connectivity index (χ3n) is 3.83. The molecule has 2 rings (SSSR count). The summed E-state index contributed by atoms with van der Waals surface area (Å²) in [6, 6.07) is 0.872. The molecule has 0 saturated carbocycles. The number of nitro groups is 1. The standard InChI is InChI=1S/C17H21N3O7/c1-4-6-27-16(22)13-9(3)18-17(23)19-14(13)10-7-11(20(24)25)15(21)12(8-10)26-5-2/h7-8,14,21H,4-6H2,1-3H3,(H2,18,19,23)/t14-/m0/s1. The average Bonchev–Trinajstić information content (AvgIpc) is 2.60. The molecule has 0 aliphatic carbocycles. The Morgan fingerprint density at radius 1 is 1.37 bits per heavy atom. The number of aromatic hydroxyl groups is 1. The topological polar surface area (TPSA) is 140 Å². The number of carbonyl (C=O) groups is 2. The van der Waals surface area contributed by atoms with Crippen molar-refractivity contribution in [2.75, 3.05) is 13.2 Å². The molecule has 1 aromatic carbocycles. The summed E-state index contributed by atoms with van der Waals surface area (Å²) in [5.41, 5.74) is 0.00675. The van der Waals surface area contributed by atoms with Crippen LogP contribution in [0.4, 0.5) is 10.5 Å². The number of amides is 2. The minimum atomic E-state index is -0.999. The maximum Gasteiger partial charge on any atom is 0.338 e. The Bertz CT molecular complexity index is 804. The van der Waals surface area contributed by atoms with Crippen molar-refractivity contribution in [3.8, 4) is 11.5 Å². The van der Waals surface area contributed by atoms with Gasteiger partial charge in [-0.05, 0) is 31.9 Å². The second kappa shape index (κ2) is 8.39. The molecule has 3 N–H and O–H groups in total. The fourth-order valence-electron chi connectivity index (χ4n) is 2.67. The van der Waals surface area contributed by atoms with Gasteiger partial charge in [0.2, 0.25) is 5.75 Å². The van der Waals surface area contributed by atoms with Gasteiger partial charge in [-0.3, -0.25) is 10.1 Å². The molecule has 1 aromatic rings. The van der Waals surface area contributed by atoms with E-state index < -0.39 is 34.4 Å². The van der Waals surface area contributed by atoms with Crippen LogP contribution in [-0.2, 0) is 9.53 Å². The lowest BCUT2D eigenvalue weighted by molar-refractivity contribution is -0.386. The summed E-state index contributed by atoms with van der Waals surface area (Å²) in [6.07, 6.45) is 0.613. The molecule has 0 spiro atoms. The first-order valence-corrected chi connectivity index (χ1v) is 8.39. The number of benzene rings is 1. The average molecular weight is 379 g/mol. The predicted octanol–water partition coefficient (Wildman–Crippen LogP) is 2.28. The van der Waals surface area contributed by atoms with Crippen LogP contribution in [0.5, 0.6) is 11.5 Å². The fourth-order valence-corrected chi connectivity index (χ4v) is 2.67. The van der Waals surface area contributed by atoms with E-state index >= 15 is 0 Å². The molecule has 146 valence electrons. The number of nitrogens with one attached hydrogen (secondary N) is 2. The Hall–Kier alpha value is -3.30. The van der Waals surface area contributed by atoms with Crippen molar-refractivity contribution in [3.05, 3.63) is 39.1 Å². The molecule has 1 aliphatic rings. The molecule has 10 heteroatoms. The SMILES string of the molecule is CCCOC(=O)C1=C(C)NC(=O)N[C@H]1c1cc(OCC)c(O)c([N+](=O)[O-])c1. The van der Waals surface area contributed by atoms with E-state index in [1.54, 1.807) is 6.92 Å². The molecular weight excluding hydrogens is 358 g/mol. The molecule has 1 atom stereocenters. The summed E-state index contributed by atoms with van der Waals surface area (Å²) in [6.45, 7) is 5.38. The number of ether oxygens (including phenoxy) is 2. The van der Waals surface area contributed by atoms with E-state index in [1.165, 1.54) is 13.0 Å². The number of nitrogens with zero attached hydrogens (tertiary/aromatic N) is 1. The number of hydrogen-bond donors (Lipinski definition) is 3. The van der Waals surface area contributed by atoms with Crippen molar-refractivity contribution < 1.29 is 29.1 Å². The molecule has 0 aromatic heterocycles. The molecule has 0 saturated heterocycles. The smallest absolute Gasteiger partial charge is 0.338 e. The van der Waals surface area contributed by atoms with Gasteiger partial charge in [0.1, 0.15) is 0 Å². The molecule has 10 nitrogen and oxygen atoms in total. The number of hydrogen-bond acceptors (Lipinski definition) is 7. The highest BCUT2D eigenvalue weighted by molar-refractivity contribution is 5.95. The molecule has 27 heavy (non-hydrogen) atoms. The molecular formula is C17H21N3O7. The van der Waals surface area contributed by atoms with Crippen LogP contribution in [-0.4, -0.2) is 35.2 Å². The van der Waals surface area contributed by atoms with Crippen LogP contribution >= 0.6 is 0 Å². The zero-order chi connectivity index (χ0) is 20.1. The second-order valence-corrected chi connectivity index (χ2v) is 5.78. The van der Waals surface area contributed by atoms with Crippen LogP contribution in [0, 0.1) is 10.1 Å². The van der Waals surface area contributed by atoms with E-state index in [4.69, 9.17) is 9.47 Å². The number of phenolic OH excluding ortho intramolecular Hbond substituents is 1. The number of phenols is 1. The Morgan fingerprint density at radius 3 is 2.67 bits per heavy atom. The number of rotatable bonds is 7. The highest BCUT2D eigenvalue weighted by atomic mass is 16.6. The van der Waals surface area contributed by atoms with Crippen molar-refractivity contribution in [3.63, 3.8) is 0 Å². The lowest BCUT2D eigenvalue weighted by Gasteiger charge is -2.28. The van der Waals surface area contributed by atoms with E-state index in [-0.39, 0.29) is 35.8 Å². The van der Waals surface area contributed by atoms with E-state index in [1.807, 2.05) is 6.92 Å². The van der Waals surface area contributed by atoms with Crippen LogP contribution in [0.25, 0.3) is 0 Å². The van der Waals surface area contributed by atoms with Crippen LogP contribution in [0.15, 0.2) is 23.4 Å². The summed E-state index contributed by atoms with van der Waals surface area (Å²) in [4.78, 5) is 34.9. The number of urea groups is 1. The van der Waals surface area contributed by atoms with Crippen molar-refractivity contribution in [1.82, 2.24) is 10.6 Å². The van der Waals surface area contributed by atoms with Gasteiger partial charge in [-0.25, -0.2) is 9.59 Å². The van der Waals surface area contributed by atoms with Crippen LogP contribution in [0.2, 0.25) is 0 Å². The number of allylic oxidation sites excluding steroid dienone is 1. The zero-order valence-electron chi connectivity index (χ0n) is 15.2. The molecule has 2 amide bonds. The maximum absolute atomic E-state index is 12.5. The Balaban J connectivity index is 2.58. The van der Waals surface area contributed by atoms with E-state index in [9.17, 15) is 24.8 Å². The minimum Gasteiger partial charge on any atom is -0.500 e. The monoisotopic (exact) mass is 379 g/mol. The van der Waals surface area contributed by atoms with Gasteiger partial charge in [0.25, 0.3) is 0 Å². The molecule has 0 bridgehead atoms. The molecule has 1 aliphatic heterocycles. The van der Waals surface area contributed by atoms with Gasteiger partial charge in [-0.1, -0.05) is 6.92 Å². The van der Waals surface area contributed by atoms with Gasteiger partial charge in [-0.2, -0.15) is 0 Å². The van der Waals surface area contributed by atoms with Crippen LogP contribution < -0.4 is 15.4 Å². The van der Waals surface area contributed by atoms with Gasteiger partial charge in [0, 0.05) is 11.8 Å². The van der Waals surface area contributed by atoms with Gasteiger partial charge in [0.05, 0.1) is 29.8 Å². The van der Waals surface area contributed by atoms with E-state index in [2.05, 4.69) is 10.6 Å². The minimum absolute atomic E-state index is 0.116. The number of esters is 1. The van der Waals surface area contributed by atoms with Gasteiger partial charge in [-0.15, -0.1) is 0 Å². The van der Waals surface area contributed by atoms with Crippen molar-refractivity contribution in [1.29, 1.82) is 0 Å². The Kier molecular flexibility index (Phi) is 6.22. The molecule has 0 unspecified atom stereocenters. The van der Waals surface area contributed by atoms with Gasteiger partial charge >= 0.3 is 17.7 Å². The largest absolute Gasteiger partial charge is 0.500 e. The highest BCUT2D eigenvalue weighted by Crippen LogP contribution is 2.40. The van der Waals surface area contributed by atoms with Crippen molar-refractivity contribution in [2.24, 2.45) is 0 Å². The number of nitro benzene ring substituents is 1. The summed E-state index contributed by atoms with van der Waals surface area (Å²) >= 11 is 0. The van der Waals surface area contributed by atoms with E-state index in [0.717, 1.165) is 6.07 Å². The fraction of sp³-hybridized carbons (Fsp3) is 0.412. The highest BCUT2D eigenvalue weighted by Gasteiger charge is 2.34. The summed E-state index contributed by atoms with van der Waals surface area (Å²) in [5, 5.41) is 26.4. The molecule has 1 heterocycles. The summed E-state index contributed by atoms with van der Waals surface area (Å²) < 4.78 is 10.4. The van der Waals surface area contributed by atoms with Gasteiger partial charge in [0.15, 0.2) is 5.75 Å². The molecule has 0 radical (unpaired) electrons. The third kappa shape index (κ3) is 4.27. The van der Waals surface area contributed by atoms with Crippen molar-refractivity contribution in [2.45, 2.75) is 33.2 Å². The third-order valence-corrected chi connectivity index (χ3v) is 3.83. The molecule has 0 fully saturated rings. The van der Waals surface area contributed by atoms with Crippen molar-refractivity contribution >= 4 is 17.7 Å². The normalized spacial score (nSPS) is 16.4. The lowest BCUT2D eigenvalue weighted by atomic mass is 9.94. The predicted molar refractivity (Wildman–Crippen MR) is 94.3 cm³/mol. The van der Waals surface area contributed by atoms with E-state index in [0.29, 0.717) is 6.42 Å². The maximum atomic E-state index is 12.5. The van der Waals surface area contributed by atoms with Crippen LogP contribution in [0.3, 0.4) is 0 Å². The first-order chi connectivity index (χ1) is 12.8. The van der Waals surface area contributed by atoms with Gasteiger partial charge < -0.3 is 25.2 Å². The Morgan fingerprint density at radius 2 is 2.07 bits per heavy atom. The lowest BCUT2D eigenvalue weighted by Crippen LogP contribution is -2.45. The first-order valence-electron chi connectivity index (χ1n) is 8.39. The quantitative estimate of drug-likeness (QED) is 0.375. The second-order valence-electron chi connectivity index (χ2n) is 5.78. The van der Waals surface area contributed by atoms with Crippen LogP contribution in [0.1, 0.15) is 38.8 Å². The first kappa shape index (κ1) is 20.0. The Labute approximate surface area is 155 Å². The summed E-state index contributed by atoms with van der Waals surface area (Å²) in [7, 11) is 0.